The molecule has 3 heterocycles. The number of amides is 1. The lowest BCUT2D eigenvalue weighted by atomic mass is 10.0. The van der Waals surface area contributed by atoms with Crippen molar-refractivity contribution in [3.63, 3.8) is 0 Å². The van der Waals surface area contributed by atoms with Gasteiger partial charge in [-0.1, -0.05) is 29.3 Å². The van der Waals surface area contributed by atoms with Crippen molar-refractivity contribution >= 4 is 47.0 Å². The Kier molecular flexibility index (Phi) is 8.07. The van der Waals surface area contributed by atoms with Crippen molar-refractivity contribution < 1.29 is 9.53 Å². The summed E-state index contributed by atoms with van der Waals surface area (Å²) in [7, 11) is 1.53. The maximum atomic E-state index is 12.8. The van der Waals surface area contributed by atoms with Crippen molar-refractivity contribution in [1.29, 1.82) is 5.41 Å². The Bertz CT molecular complexity index is 1320. The third-order valence-corrected chi connectivity index (χ3v) is 6.59. The van der Waals surface area contributed by atoms with Gasteiger partial charge in [-0.2, -0.15) is 0 Å². The number of hydrogen-bond donors (Lipinski definition) is 4. The van der Waals surface area contributed by atoms with E-state index < -0.39 is 0 Å². The molecule has 1 amide bonds. The Hall–Kier alpha value is -3.63. The first kappa shape index (κ1) is 25.5. The van der Waals surface area contributed by atoms with Crippen LogP contribution in [0.5, 0.6) is 5.75 Å². The van der Waals surface area contributed by atoms with Crippen LogP contribution in [0.3, 0.4) is 0 Å². The molecule has 12 heteroatoms. The molecule has 3 aromatic rings. The van der Waals surface area contributed by atoms with Gasteiger partial charge in [0, 0.05) is 38.1 Å². The van der Waals surface area contributed by atoms with Gasteiger partial charge in [0.05, 0.1) is 28.9 Å². The van der Waals surface area contributed by atoms with E-state index >= 15 is 0 Å². The number of rotatable bonds is 8. The van der Waals surface area contributed by atoms with Crippen LogP contribution in [0.1, 0.15) is 34.5 Å². The maximum Gasteiger partial charge on any atom is 0.276 e. The third-order valence-electron chi connectivity index (χ3n) is 5.85. The molecule has 0 saturated carbocycles. The molecular weight excluding hydrogens is 505 g/mol. The molecule has 1 aromatic carbocycles. The zero-order valence-electron chi connectivity index (χ0n) is 19.5. The standard InChI is InChI=1S/C24H25Cl2N7O3/c1-36-17-9-15(12-28-13-17)23(35)33-6-4-16(5-7-33)30-21-20(10-27)31-24(32-22(21)34)29-11-14-2-3-18(25)19(26)8-14/h2-3,8-10,12-13,16,27,30H,4-7,11H2,1H3,(H2,29,31,32,34). The summed E-state index contributed by atoms with van der Waals surface area (Å²) in [4.78, 5) is 38.5. The molecule has 0 atom stereocenters. The zero-order chi connectivity index (χ0) is 25.7. The number of pyridine rings is 1. The lowest BCUT2D eigenvalue weighted by Gasteiger charge is -2.33. The number of anilines is 2. The van der Waals surface area contributed by atoms with Crippen LogP contribution in [0.4, 0.5) is 11.6 Å². The van der Waals surface area contributed by atoms with E-state index in [0.717, 1.165) is 11.8 Å². The summed E-state index contributed by atoms with van der Waals surface area (Å²) >= 11 is 12.0. The predicted molar refractivity (Wildman–Crippen MR) is 140 cm³/mol. The summed E-state index contributed by atoms with van der Waals surface area (Å²) in [5.41, 5.74) is 1.39. The number of nitrogens with one attached hydrogen (secondary N) is 4. The number of nitrogens with zero attached hydrogens (tertiary/aromatic N) is 3. The fraction of sp³-hybridized carbons (Fsp3) is 0.292. The van der Waals surface area contributed by atoms with Crippen LogP contribution in [0, 0.1) is 5.41 Å². The molecule has 4 N–H and O–H groups in total. The van der Waals surface area contributed by atoms with Crippen LogP contribution in [-0.4, -0.2) is 58.2 Å². The molecule has 0 radical (unpaired) electrons. The van der Waals surface area contributed by atoms with Crippen LogP contribution in [0.25, 0.3) is 0 Å². The van der Waals surface area contributed by atoms with Gasteiger partial charge in [0.25, 0.3) is 11.5 Å². The van der Waals surface area contributed by atoms with E-state index in [1.54, 1.807) is 29.3 Å². The van der Waals surface area contributed by atoms with Crippen LogP contribution < -0.4 is 20.9 Å². The average molecular weight is 530 g/mol. The van der Waals surface area contributed by atoms with Crippen molar-refractivity contribution in [2.75, 3.05) is 30.8 Å². The smallest absolute Gasteiger partial charge is 0.276 e. The van der Waals surface area contributed by atoms with Crippen molar-refractivity contribution in [1.82, 2.24) is 19.9 Å². The minimum Gasteiger partial charge on any atom is -0.495 e. The highest BCUT2D eigenvalue weighted by Crippen LogP contribution is 2.23. The van der Waals surface area contributed by atoms with E-state index in [2.05, 4.69) is 25.6 Å². The van der Waals surface area contributed by atoms with E-state index in [4.69, 9.17) is 33.3 Å². The van der Waals surface area contributed by atoms with E-state index in [0.29, 0.717) is 53.8 Å². The molecule has 0 aliphatic carbocycles. The number of ether oxygens (including phenoxy) is 1. The third kappa shape index (κ3) is 5.95. The van der Waals surface area contributed by atoms with Gasteiger partial charge in [0.15, 0.2) is 0 Å². The molecule has 1 fully saturated rings. The summed E-state index contributed by atoms with van der Waals surface area (Å²) < 4.78 is 5.15. The van der Waals surface area contributed by atoms with Gasteiger partial charge in [-0.3, -0.25) is 19.6 Å². The summed E-state index contributed by atoms with van der Waals surface area (Å²) in [6.07, 6.45) is 5.38. The highest BCUT2D eigenvalue weighted by molar-refractivity contribution is 6.42. The van der Waals surface area contributed by atoms with Crippen molar-refractivity contribution in [2.45, 2.75) is 25.4 Å². The number of methoxy groups -OCH3 is 1. The number of benzene rings is 1. The number of likely N-dealkylation sites (tertiary alicyclic amines) is 1. The van der Waals surface area contributed by atoms with Gasteiger partial charge >= 0.3 is 0 Å². The number of H-pyrrole nitrogens is 1. The van der Waals surface area contributed by atoms with Gasteiger partial charge in [0.2, 0.25) is 5.95 Å². The molecule has 0 unspecified atom stereocenters. The SMILES string of the molecule is COc1cncc(C(=O)N2CCC(Nc3c(C=N)nc(NCc4ccc(Cl)c(Cl)c4)[nH]c3=O)CC2)c1. The van der Waals surface area contributed by atoms with Gasteiger partial charge in [-0.05, 0) is 36.6 Å². The zero-order valence-corrected chi connectivity index (χ0v) is 21.0. The first-order valence-electron chi connectivity index (χ1n) is 11.3. The Morgan fingerprint density at radius 3 is 2.72 bits per heavy atom. The van der Waals surface area contributed by atoms with Crippen molar-refractivity contribution in [3.8, 4) is 5.75 Å². The summed E-state index contributed by atoms with van der Waals surface area (Å²) in [6.45, 7) is 1.39. The lowest BCUT2D eigenvalue weighted by molar-refractivity contribution is 0.0717. The van der Waals surface area contributed by atoms with Gasteiger partial charge in [0.1, 0.15) is 17.1 Å². The molecule has 0 bridgehead atoms. The van der Waals surface area contributed by atoms with Gasteiger partial charge in [-0.15, -0.1) is 0 Å². The molecular formula is C24H25Cl2N7O3. The second-order valence-corrected chi connectivity index (χ2v) is 9.06. The van der Waals surface area contributed by atoms with Crippen molar-refractivity contribution in [3.05, 3.63) is 73.9 Å². The quantitative estimate of drug-likeness (QED) is 0.325. The van der Waals surface area contributed by atoms with Crippen LogP contribution >= 0.6 is 23.2 Å². The second kappa shape index (κ2) is 11.4. The Labute approximate surface area is 217 Å². The topological polar surface area (TPSA) is 136 Å². The predicted octanol–water partition coefficient (Wildman–Crippen LogP) is 3.81. The Morgan fingerprint density at radius 2 is 2.03 bits per heavy atom. The molecule has 1 aliphatic rings. The summed E-state index contributed by atoms with van der Waals surface area (Å²) in [5, 5.41) is 14.9. The summed E-state index contributed by atoms with van der Waals surface area (Å²) in [5.74, 6) is 0.651. The maximum absolute atomic E-state index is 12.8. The van der Waals surface area contributed by atoms with Crippen molar-refractivity contribution in [2.24, 2.45) is 0 Å². The monoisotopic (exact) mass is 529 g/mol. The Morgan fingerprint density at radius 1 is 1.25 bits per heavy atom. The molecule has 2 aromatic heterocycles. The highest BCUT2D eigenvalue weighted by atomic mass is 35.5. The number of carbonyl (C=O) groups is 1. The molecule has 10 nitrogen and oxygen atoms in total. The van der Waals surface area contributed by atoms with E-state index in [9.17, 15) is 9.59 Å². The number of aromatic amines is 1. The number of aromatic nitrogens is 3. The minimum absolute atomic E-state index is 0.0471. The number of hydrogen-bond acceptors (Lipinski definition) is 8. The molecule has 1 saturated heterocycles. The fourth-order valence-electron chi connectivity index (χ4n) is 3.91. The van der Waals surface area contributed by atoms with Gasteiger partial charge in [-0.25, -0.2) is 4.98 Å². The Balaban J connectivity index is 1.38. The minimum atomic E-state index is -0.388. The highest BCUT2D eigenvalue weighted by Gasteiger charge is 2.25. The first-order valence-corrected chi connectivity index (χ1v) is 12.0. The average Bonchev–Trinajstić information content (AvgIpc) is 2.90. The number of piperidine rings is 1. The molecule has 0 spiro atoms. The first-order chi connectivity index (χ1) is 17.4. The fourth-order valence-corrected chi connectivity index (χ4v) is 4.24. The van der Waals surface area contributed by atoms with E-state index in [1.165, 1.54) is 13.3 Å². The van der Waals surface area contributed by atoms with E-state index in [-0.39, 0.29) is 34.8 Å². The van der Waals surface area contributed by atoms with Crippen LogP contribution in [0.2, 0.25) is 10.0 Å². The normalized spacial score (nSPS) is 13.8. The van der Waals surface area contributed by atoms with Crippen LogP contribution in [0.15, 0.2) is 41.5 Å². The summed E-state index contributed by atoms with van der Waals surface area (Å²) in [6, 6.07) is 6.85. The van der Waals surface area contributed by atoms with Crippen LogP contribution in [-0.2, 0) is 6.54 Å². The second-order valence-electron chi connectivity index (χ2n) is 8.25. The molecule has 1 aliphatic heterocycles. The number of carbonyl (C=O) groups excluding carboxylic acids is 1. The number of halogens is 2. The van der Waals surface area contributed by atoms with E-state index in [1.807, 2.05) is 6.07 Å². The van der Waals surface area contributed by atoms with Gasteiger partial charge < -0.3 is 25.7 Å². The molecule has 36 heavy (non-hydrogen) atoms. The molecule has 4 rings (SSSR count). The largest absolute Gasteiger partial charge is 0.495 e. The lowest BCUT2D eigenvalue weighted by Crippen LogP contribution is -2.43. The molecule has 188 valence electrons.